The summed E-state index contributed by atoms with van der Waals surface area (Å²) in [4.78, 5) is 4.30. The van der Waals surface area contributed by atoms with Gasteiger partial charge in [0.05, 0.1) is 0 Å². The minimum Gasteiger partial charge on any atom is -0.385 e. The first-order valence-electron chi connectivity index (χ1n) is 5.44. The largest absolute Gasteiger partial charge is 0.385 e. The average Bonchev–Trinajstić information content (AvgIpc) is 2.22. The first kappa shape index (κ1) is 14.2. The van der Waals surface area contributed by atoms with Crippen molar-refractivity contribution in [3.8, 4) is 0 Å². The molecule has 90 valence electrons. The molecule has 0 aliphatic rings. The molecule has 0 radical (unpaired) electrons. The highest BCUT2D eigenvalue weighted by atomic mass is 16.5. The van der Waals surface area contributed by atoms with E-state index >= 15 is 0 Å². The van der Waals surface area contributed by atoms with Gasteiger partial charge in [0.15, 0.2) is 0 Å². The van der Waals surface area contributed by atoms with Crippen LogP contribution in [0, 0.1) is 5.92 Å². The maximum atomic E-state index is 5.33. The average molecular weight is 216 g/mol. The highest BCUT2D eigenvalue weighted by Gasteiger charge is 1.96. The first-order chi connectivity index (χ1) is 7.20. The van der Waals surface area contributed by atoms with Crippen molar-refractivity contribution in [2.45, 2.75) is 26.7 Å². The zero-order valence-corrected chi connectivity index (χ0v) is 10.0. The van der Waals surface area contributed by atoms with Gasteiger partial charge in [-0.15, -0.1) is 0 Å². The third kappa shape index (κ3) is 9.49. The van der Waals surface area contributed by atoms with Crippen LogP contribution >= 0.6 is 0 Å². The summed E-state index contributed by atoms with van der Waals surface area (Å²) in [7, 11) is 1.71. The molecule has 0 unspecified atom stereocenters. The van der Waals surface area contributed by atoms with Crippen molar-refractivity contribution >= 4 is 5.96 Å². The molecule has 0 rings (SSSR count). The summed E-state index contributed by atoms with van der Waals surface area (Å²) >= 11 is 0. The third-order valence-corrected chi connectivity index (χ3v) is 1.82. The minimum absolute atomic E-state index is 0.545. The van der Waals surface area contributed by atoms with E-state index in [9.17, 15) is 0 Å². The van der Waals surface area contributed by atoms with Crippen molar-refractivity contribution < 1.29 is 4.74 Å². The van der Waals surface area contributed by atoms with Gasteiger partial charge in [-0.05, 0) is 18.8 Å². The number of aliphatic imine (C=N–C) groups is 1. The van der Waals surface area contributed by atoms with Crippen molar-refractivity contribution in [2.75, 3.05) is 26.8 Å². The van der Waals surface area contributed by atoms with Gasteiger partial charge in [0.25, 0.3) is 0 Å². The van der Waals surface area contributed by atoms with Crippen LogP contribution in [0.5, 0.6) is 0 Å². The van der Waals surface area contributed by atoms with E-state index in [0.717, 1.165) is 32.5 Å². The molecular formula is C10H24N4O. The topological polar surface area (TPSA) is 71.7 Å². The van der Waals surface area contributed by atoms with Crippen LogP contribution in [-0.4, -0.2) is 32.8 Å². The SMILES string of the molecule is COCCCCNC(=NCC(C)C)NN. The molecule has 0 aromatic rings. The Balaban J connectivity index is 3.56. The summed E-state index contributed by atoms with van der Waals surface area (Å²) < 4.78 is 4.96. The molecule has 0 aliphatic heterocycles. The Morgan fingerprint density at radius 2 is 2.13 bits per heavy atom. The van der Waals surface area contributed by atoms with Crippen LogP contribution in [0.15, 0.2) is 4.99 Å². The lowest BCUT2D eigenvalue weighted by Gasteiger charge is -2.09. The van der Waals surface area contributed by atoms with Crippen molar-refractivity contribution in [2.24, 2.45) is 16.8 Å². The molecule has 0 saturated carbocycles. The van der Waals surface area contributed by atoms with Crippen molar-refractivity contribution in [1.82, 2.24) is 10.7 Å². The van der Waals surface area contributed by atoms with E-state index in [-0.39, 0.29) is 0 Å². The summed E-state index contributed by atoms with van der Waals surface area (Å²) in [6.45, 7) is 6.69. The van der Waals surface area contributed by atoms with Crippen molar-refractivity contribution in [3.05, 3.63) is 0 Å². The molecule has 0 aromatic carbocycles. The summed E-state index contributed by atoms with van der Waals surface area (Å²) in [5.74, 6) is 6.54. The maximum absolute atomic E-state index is 5.33. The van der Waals surface area contributed by atoms with Gasteiger partial charge in [-0.3, -0.25) is 10.4 Å². The second-order valence-corrected chi connectivity index (χ2v) is 3.85. The number of ether oxygens (including phenoxy) is 1. The quantitative estimate of drug-likeness (QED) is 0.190. The molecule has 0 aliphatic carbocycles. The highest BCUT2D eigenvalue weighted by Crippen LogP contribution is 1.91. The monoisotopic (exact) mass is 216 g/mol. The Morgan fingerprint density at radius 1 is 1.40 bits per heavy atom. The van der Waals surface area contributed by atoms with E-state index in [2.05, 4.69) is 29.6 Å². The normalized spacial score (nSPS) is 11.9. The smallest absolute Gasteiger partial charge is 0.205 e. The van der Waals surface area contributed by atoms with E-state index in [1.54, 1.807) is 7.11 Å². The fourth-order valence-electron chi connectivity index (χ4n) is 1.00. The number of rotatable bonds is 7. The second-order valence-electron chi connectivity index (χ2n) is 3.85. The highest BCUT2D eigenvalue weighted by molar-refractivity contribution is 5.79. The fraction of sp³-hybridized carbons (Fsp3) is 0.900. The van der Waals surface area contributed by atoms with Crippen LogP contribution < -0.4 is 16.6 Å². The predicted molar refractivity (Wildman–Crippen MR) is 63.6 cm³/mol. The third-order valence-electron chi connectivity index (χ3n) is 1.82. The number of unbranched alkanes of at least 4 members (excludes halogenated alkanes) is 1. The van der Waals surface area contributed by atoms with Crippen LogP contribution in [-0.2, 0) is 4.74 Å². The fourth-order valence-corrected chi connectivity index (χ4v) is 1.00. The van der Waals surface area contributed by atoms with Gasteiger partial charge < -0.3 is 10.1 Å². The van der Waals surface area contributed by atoms with E-state index < -0.39 is 0 Å². The summed E-state index contributed by atoms with van der Waals surface area (Å²) in [5.41, 5.74) is 2.56. The van der Waals surface area contributed by atoms with Crippen LogP contribution in [0.3, 0.4) is 0 Å². The lowest BCUT2D eigenvalue weighted by molar-refractivity contribution is 0.193. The number of nitrogens with zero attached hydrogens (tertiary/aromatic N) is 1. The maximum Gasteiger partial charge on any atom is 0.205 e. The van der Waals surface area contributed by atoms with Crippen LogP contribution in [0.2, 0.25) is 0 Å². The molecule has 4 N–H and O–H groups in total. The van der Waals surface area contributed by atoms with Gasteiger partial charge in [-0.2, -0.15) is 0 Å². The summed E-state index contributed by atoms with van der Waals surface area (Å²) in [5, 5.41) is 3.14. The Bertz CT molecular complexity index is 171. The zero-order valence-electron chi connectivity index (χ0n) is 10.0. The standard InChI is InChI=1S/C10H24N4O/c1-9(2)8-13-10(14-11)12-6-4-5-7-15-3/h9H,4-8,11H2,1-3H3,(H2,12,13,14). The molecule has 5 nitrogen and oxygen atoms in total. The van der Waals surface area contributed by atoms with E-state index in [1.807, 2.05) is 0 Å². The van der Waals surface area contributed by atoms with Crippen LogP contribution in [0.4, 0.5) is 0 Å². The number of hydrogen-bond acceptors (Lipinski definition) is 3. The number of nitrogens with one attached hydrogen (secondary N) is 2. The number of nitrogens with two attached hydrogens (primary N) is 1. The lowest BCUT2D eigenvalue weighted by Crippen LogP contribution is -2.42. The van der Waals surface area contributed by atoms with Gasteiger partial charge in [0, 0.05) is 26.8 Å². The predicted octanol–water partition coefficient (Wildman–Crippen LogP) is 0.478. The number of methoxy groups -OCH3 is 1. The molecule has 15 heavy (non-hydrogen) atoms. The minimum atomic E-state index is 0.545. The summed E-state index contributed by atoms with van der Waals surface area (Å²) in [6, 6.07) is 0. The number of guanidine groups is 1. The molecule has 5 heteroatoms. The Morgan fingerprint density at radius 3 is 2.67 bits per heavy atom. The van der Waals surface area contributed by atoms with E-state index in [1.165, 1.54) is 0 Å². The Labute approximate surface area is 92.4 Å². The second kappa shape index (κ2) is 9.73. The lowest BCUT2D eigenvalue weighted by atomic mass is 10.2. The molecule has 0 atom stereocenters. The molecule has 0 amide bonds. The number of hydrogen-bond donors (Lipinski definition) is 3. The van der Waals surface area contributed by atoms with Gasteiger partial charge in [0.1, 0.15) is 0 Å². The van der Waals surface area contributed by atoms with Crippen molar-refractivity contribution in [1.29, 1.82) is 0 Å². The zero-order chi connectivity index (χ0) is 11.5. The van der Waals surface area contributed by atoms with Crippen molar-refractivity contribution in [3.63, 3.8) is 0 Å². The first-order valence-corrected chi connectivity index (χ1v) is 5.44. The Kier molecular flexibility index (Phi) is 9.21. The molecule has 0 spiro atoms. The van der Waals surface area contributed by atoms with Gasteiger partial charge in [0.2, 0.25) is 5.96 Å². The molecule has 0 fully saturated rings. The Hall–Kier alpha value is -0.810. The van der Waals surface area contributed by atoms with Crippen LogP contribution in [0.25, 0.3) is 0 Å². The summed E-state index contributed by atoms with van der Waals surface area (Å²) in [6.07, 6.45) is 2.10. The molecule has 0 aromatic heterocycles. The van der Waals surface area contributed by atoms with Gasteiger partial charge in [-0.1, -0.05) is 13.8 Å². The molecule has 0 saturated heterocycles. The van der Waals surface area contributed by atoms with Gasteiger partial charge in [-0.25, -0.2) is 5.84 Å². The molecule has 0 heterocycles. The van der Waals surface area contributed by atoms with E-state index in [0.29, 0.717) is 11.9 Å². The number of hydrazine groups is 1. The van der Waals surface area contributed by atoms with Gasteiger partial charge >= 0.3 is 0 Å². The molecule has 0 bridgehead atoms. The van der Waals surface area contributed by atoms with E-state index in [4.69, 9.17) is 10.6 Å². The molecular weight excluding hydrogens is 192 g/mol. The van der Waals surface area contributed by atoms with Crippen LogP contribution in [0.1, 0.15) is 26.7 Å².